The lowest BCUT2D eigenvalue weighted by Crippen LogP contribution is -2.37. The van der Waals surface area contributed by atoms with Gasteiger partial charge >= 0.3 is 0 Å². The smallest absolute Gasteiger partial charge is 0.251 e. The molecule has 0 bridgehead atoms. The minimum atomic E-state index is -3.24. The van der Waals surface area contributed by atoms with Crippen LogP contribution in [0.5, 0.6) is 0 Å². The highest BCUT2D eigenvalue weighted by molar-refractivity contribution is 7.92. The Hall–Kier alpha value is -2.34. The quantitative estimate of drug-likeness (QED) is 0.821. The summed E-state index contributed by atoms with van der Waals surface area (Å²) in [6.45, 7) is 6.69. The molecule has 5 nitrogen and oxygen atoms in total. The lowest BCUT2D eigenvalue weighted by Gasteiger charge is -2.28. The van der Waals surface area contributed by atoms with Gasteiger partial charge in [0.2, 0.25) is 10.0 Å². The van der Waals surface area contributed by atoms with Crippen LogP contribution in [-0.2, 0) is 10.0 Å². The summed E-state index contributed by atoms with van der Waals surface area (Å²) >= 11 is 0. The zero-order chi connectivity index (χ0) is 20.3. The third-order valence-electron chi connectivity index (χ3n) is 5.41. The number of carbonyl (C=O) groups is 1. The Morgan fingerprint density at radius 3 is 2.39 bits per heavy atom. The van der Waals surface area contributed by atoms with Crippen molar-refractivity contribution in [3.8, 4) is 0 Å². The van der Waals surface area contributed by atoms with E-state index in [4.69, 9.17) is 0 Å². The number of rotatable bonds is 5. The molecule has 0 saturated carbocycles. The molecule has 1 saturated heterocycles. The van der Waals surface area contributed by atoms with Gasteiger partial charge in [-0.05, 0) is 74.1 Å². The summed E-state index contributed by atoms with van der Waals surface area (Å²) in [6, 6.07) is 13.0. The normalized spacial score (nSPS) is 17.2. The van der Waals surface area contributed by atoms with E-state index in [-0.39, 0.29) is 17.7 Å². The zero-order valence-electron chi connectivity index (χ0n) is 16.7. The summed E-state index contributed by atoms with van der Waals surface area (Å²) in [5.41, 5.74) is 4.68. The number of hydrogen-bond donors (Lipinski definition) is 1. The summed E-state index contributed by atoms with van der Waals surface area (Å²) < 4.78 is 25.9. The van der Waals surface area contributed by atoms with Gasteiger partial charge in [0.1, 0.15) is 0 Å². The van der Waals surface area contributed by atoms with Crippen molar-refractivity contribution in [3.63, 3.8) is 0 Å². The second-order valence-corrected chi connectivity index (χ2v) is 9.43. The summed E-state index contributed by atoms with van der Waals surface area (Å²) in [7, 11) is -3.24. The largest absolute Gasteiger partial charge is 0.345 e. The Balaban J connectivity index is 1.74. The third kappa shape index (κ3) is 4.38. The molecule has 2 aromatic rings. The van der Waals surface area contributed by atoms with Gasteiger partial charge < -0.3 is 5.32 Å². The Labute approximate surface area is 167 Å². The van der Waals surface area contributed by atoms with Gasteiger partial charge in [-0.2, -0.15) is 0 Å². The molecule has 6 heteroatoms. The molecule has 1 heterocycles. The highest BCUT2D eigenvalue weighted by Gasteiger charge is 2.26. The van der Waals surface area contributed by atoms with Crippen molar-refractivity contribution in [2.45, 2.75) is 46.1 Å². The minimum absolute atomic E-state index is 0.0612. The predicted molar refractivity (Wildman–Crippen MR) is 113 cm³/mol. The van der Waals surface area contributed by atoms with Crippen LogP contribution < -0.4 is 9.62 Å². The number of carbonyl (C=O) groups excluding carboxylic acids is 1. The van der Waals surface area contributed by atoms with Gasteiger partial charge in [0.05, 0.1) is 17.5 Å². The van der Waals surface area contributed by atoms with Crippen LogP contribution in [0.1, 0.15) is 59.3 Å². The maximum Gasteiger partial charge on any atom is 0.251 e. The van der Waals surface area contributed by atoms with Gasteiger partial charge in [-0.15, -0.1) is 0 Å². The van der Waals surface area contributed by atoms with E-state index < -0.39 is 10.0 Å². The summed E-state index contributed by atoms with van der Waals surface area (Å²) in [5.74, 6) is 0.0294. The molecule has 1 atom stereocenters. The molecule has 1 N–H and O–H groups in total. The molecule has 0 spiro atoms. The van der Waals surface area contributed by atoms with Crippen LogP contribution in [-0.4, -0.2) is 26.6 Å². The molecule has 1 fully saturated rings. The predicted octanol–water partition coefficient (Wildman–Crippen LogP) is 4.11. The number of anilines is 1. The van der Waals surface area contributed by atoms with Gasteiger partial charge in [0.15, 0.2) is 0 Å². The van der Waals surface area contributed by atoms with E-state index in [0.717, 1.165) is 18.4 Å². The number of aryl methyl sites for hydroxylation is 2. The second-order valence-electron chi connectivity index (χ2n) is 7.42. The van der Waals surface area contributed by atoms with E-state index in [1.165, 1.54) is 15.4 Å². The molecule has 2 aromatic carbocycles. The van der Waals surface area contributed by atoms with E-state index in [2.05, 4.69) is 37.4 Å². The van der Waals surface area contributed by atoms with Crippen LogP contribution in [0, 0.1) is 13.8 Å². The van der Waals surface area contributed by atoms with Crippen LogP contribution in [0.4, 0.5) is 5.69 Å². The fraction of sp³-hybridized carbons (Fsp3) is 0.409. The molecule has 0 aromatic heterocycles. The zero-order valence-corrected chi connectivity index (χ0v) is 17.6. The molecule has 1 amide bonds. The number of hydrogen-bond acceptors (Lipinski definition) is 3. The van der Waals surface area contributed by atoms with Crippen molar-refractivity contribution < 1.29 is 13.2 Å². The molecule has 0 radical (unpaired) electrons. The van der Waals surface area contributed by atoms with Crippen molar-refractivity contribution in [2.24, 2.45) is 0 Å². The fourth-order valence-corrected chi connectivity index (χ4v) is 5.14. The van der Waals surface area contributed by atoms with Crippen molar-refractivity contribution >= 4 is 21.6 Å². The maximum atomic E-state index is 12.7. The fourth-order valence-electron chi connectivity index (χ4n) is 3.50. The van der Waals surface area contributed by atoms with Crippen molar-refractivity contribution in [1.82, 2.24) is 5.32 Å². The molecule has 1 aliphatic heterocycles. The highest BCUT2D eigenvalue weighted by Crippen LogP contribution is 2.24. The monoisotopic (exact) mass is 400 g/mol. The van der Waals surface area contributed by atoms with Crippen molar-refractivity contribution in [2.75, 3.05) is 16.6 Å². The average Bonchev–Trinajstić information content (AvgIpc) is 2.68. The number of amides is 1. The van der Waals surface area contributed by atoms with Gasteiger partial charge in [0, 0.05) is 12.1 Å². The molecular weight excluding hydrogens is 372 g/mol. The number of nitrogens with one attached hydrogen (secondary N) is 1. The van der Waals surface area contributed by atoms with Crippen LogP contribution in [0.2, 0.25) is 0 Å². The van der Waals surface area contributed by atoms with Crippen LogP contribution in [0.15, 0.2) is 42.5 Å². The minimum Gasteiger partial charge on any atom is -0.345 e. The number of benzene rings is 2. The Morgan fingerprint density at radius 2 is 1.79 bits per heavy atom. The molecule has 28 heavy (non-hydrogen) atoms. The van der Waals surface area contributed by atoms with E-state index in [9.17, 15) is 13.2 Å². The second kappa shape index (κ2) is 8.35. The standard InChI is InChI=1S/C22H28N2O3S/c1-4-21(19-8-7-16(2)17(3)15-19)23-22(25)18-9-11-20(12-10-18)24-13-5-6-14-28(24,26)27/h7-12,15,21H,4-6,13-14H2,1-3H3,(H,23,25). The van der Waals surface area contributed by atoms with E-state index >= 15 is 0 Å². The van der Waals surface area contributed by atoms with Crippen LogP contribution >= 0.6 is 0 Å². The molecule has 150 valence electrons. The van der Waals surface area contributed by atoms with E-state index in [0.29, 0.717) is 24.2 Å². The first kappa shape index (κ1) is 20.4. The molecule has 1 aliphatic rings. The average molecular weight is 401 g/mol. The third-order valence-corrected chi connectivity index (χ3v) is 7.28. The SMILES string of the molecule is CCC(NC(=O)c1ccc(N2CCCCS2(=O)=O)cc1)c1ccc(C)c(C)c1. The molecule has 3 rings (SSSR count). The molecule has 0 aliphatic carbocycles. The first-order valence-corrected chi connectivity index (χ1v) is 11.4. The first-order chi connectivity index (χ1) is 13.3. The Bertz CT molecular complexity index is 952. The molecule has 1 unspecified atom stereocenters. The van der Waals surface area contributed by atoms with Crippen molar-refractivity contribution in [1.29, 1.82) is 0 Å². The van der Waals surface area contributed by atoms with Gasteiger partial charge in [0.25, 0.3) is 5.91 Å². The van der Waals surface area contributed by atoms with Crippen LogP contribution in [0.3, 0.4) is 0 Å². The van der Waals surface area contributed by atoms with E-state index in [1.54, 1.807) is 24.3 Å². The van der Waals surface area contributed by atoms with Gasteiger partial charge in [-0.3, -0.25) is 9.10 Å². The van der Waals surface area contributed by atoms with Crippen molar-refractivity contribution in [3.05, 3.63) is 64.7 Å². The highest BCUT2D eigenvalue weighted by atomic mass is 32.2. The van der Waals surface area contributed by atoms with Gasteiger partial charge in [-0.25, -0.2) is 8.42 Å². The summed E-state index contributed by atoms with van der Waals surface area (Å²) in [5, 5.41) is 3.09. The first-order valence-electron chi connectivity index (χ1n) is 9.80. The lowest BCUT2D eigenvalue weighted by molar-refractivity contribution is 0.0935. The van der Waals surface area contributed by atoms with Gasteiger partial charge in [-0.1, -0.05) is 25.1 Å². The summed E-state index contributed by atoms with van der Waals surface area (Å²) in [4.78, 5) is 12.7. The molecular formula is C22H28N2O3S. The topological polar surface area (TPSA) is 66.5 Å². The number of nitrogens with zero attached hydrogens (tertiary/aromatic N) is 1. The maximum absolute atomic E-state index is 12.7. The van der Waals surface area contributed by atoms with Crippen LogP contribution in [0.25, 0.3) is 0 Å². The Kier molecular flexibility index (Phi) is 6.08. The lowest BCUT2D eigenvalue weighted by atomic mass is 9.99. The van der Waals surface area contributed by atoms with E-state index in [1.807, 2.05) is 6.92 Å². The Morgan fingerprint density at radius 1 is 1.07 bits per heavy atom. The summed E-state index contributed by atoms with van der Waals surface area (Å²) in [6.07, 6.45) is 2.35. The number of sulfonamides is 1.